The van der Waals surface area contributed by atoms with Crippen LogP contribution in [0.5, 0.6) is 0 Å². The van der Waals surface area contributed by atoms with Crippen molar-refractivity contribution >= 4 is 10.9 Å². The molecule has 0 amide bonds. The van der Waals surface area contributed by atoms with Crippen LogP contribution in [0.3, 0.4) is 0 Å². The molecule has 2 heteroatoms. The molecule has 1 aromatic heterocycles. The summed E-state index contributed by atoms with van der Waals surface area (Å²) in [6, 6.07) is 15.9. The topological polar surface area (TPSA) is 33.1 Å². The predicted octanol–water partition coefficient (Wildman–Crippen LogP) is 3.93. The van der Waals surface area contributed by atoms with Crippen molar-refractivity contribution in [2.45, 2.75) is 20.0 Å². The van der Waals surface area contributed by atoms with Gasteiger partial charge >= 0.3 is 0 Å². The van der Waals surface area contributed by atoms with Gasteiger partial charge < -0.3 is 5.11 Å². The van der Waals surface area contributed by atoms with Crippen molar-refractivity contribution in [3.63, 3.8) is 0 Å². The number of benzene rings is 2. The molecule has 0 spiro atoms. The lowest BCUT2D eigenvalue weighted by atomic mass is 9.93. The highest BCUT2D eigenvalue weighted by Gasteiger charge is 2.16. The minimum Gasteiger partial charge on any atom is -0.384 e. The zero-order valence-corrected chi connectivity index (χ0v) is 11.7. The first kappa shape index (κ1) is 12.8. The number of hydrogen-bond donors (Lipinski definition) is 1. The number of aliphatic hydroxyl groups is 1. The number of fused-ring (bicyclic) bond motifs is 1. The van der Waals surface area contributed by atoms with Crippen LogP contribution in [0.2, 0.25) is 0 Å². The minimum atomic E-state index is -0.645. The van der Waals surface area contributed by atoms with Crippen molar-refractivity contribution in [3.8, 4) is 0 Å². The predicted molar refractivity (Wildman–Crippen MR) is 81.7 cm³/mol. The molecular weight excluding hydrogens is 246 g/mol. The smallest absolute Gasteiger partial charge is 0.106 e. The van der Waals surface area contributed by atoms with E-state index < -0.39 is 6.10 Å². The van der Waals surface area contributed by atoms with Gasteiger partial charge in [0.15, 0.2) is 0 Å². The van der Waals surface area contributed by atoms with E-state index in [1.165, 1.54) is 5.56 Å². The van der Waals surface area contributed by atoms with E-state index in [-0.39, 0.29) is 0 Å². The lowest BCUT2D eigenvalue weighted by molar-refractivity contribution is 0.221. The summed E-state index contributed by atoms with van der Waals surface area (Å²) in [5.74, 6) is 0. The third-order valence-electron chi connectivity index (χ3n) is 3.90. The molecule has 0 aliphatic carbocycles. The van der Waals surface area contributed by atoms with Crippen LogP contribution in [0.4, 0.5) is 0 Å². The van der Waals surface area contributed by atoms with Crippen molar-refractivity contribution in [1.29, 1.82) is 0 Å². The normalized spacial score (nSPS) is 12.6. The first-order valence-corrected chi connectivity index (χ1v) is 6.76. The maximum atomic E-state index is 10.8. The Kier molecular flexibility index (Phi) is 3.25. The molecule has 0 saturated carbocycles. The van der Waals surface area contributed by atoms with E-state index in [0.717, 1.165) is 27.6 Å². The third-order valence-corrected chi connectivity index (χ3v) is 3.90. The largest absolute Gasteiger partial charge is 0.384 e. The van der Waals surface area contributed by atoms with Gasteiger partial charge in [-0.1, -0.05) is 42.5 Å². The standard InChI is InChI=1S/C18H17NO/c1-12-6-3-9-15(13(12)2)18(20)16-10-4-7-14-8-5-11-19-17(14)16/h3-11,18,20H,1-2H3. The van der Waals surface area contributed by atoms with Crippen LogP contribution >= 0.6 is 0 Å². The van der Waals surface area contributed by atoms with Crippen molar-refractivity contribution < 1.29 is 5.11 Å². The fraction of sp³-hybridized carbons (Fsp3) is 0.167. The van der Waals surface area contributed by atoms with Crippen LogP contribution in [0.25, 0.3) is 10.9 Å². The summed E-state index contributed by atoms with van der Waals surface area (Å²) in [6.45, 7) is 4.11. The fourth-order valence-electron chi connectivity index (χ4n) is 2.59. The molecule has 0 radical (unpaired) electrons. The van der Waals surface area contributed by atoms with Crippen molar-refractivity contribution in [2.24, 2.45) is 0 Å². The minimum absolute atomic E-state index is 0.645. The summed E-state index contributed by atoms with van der Waals surface area (Å²) in [6.07, 6.45) is 1.12. The summed E-state index contributed by atoms with van der Waals surface area (Å²) >= 11 is 0. The van der Waals surface area contributed by atoms with Gasteiger partial charge in [0.25, 0.3) is 0 Å². The van der Waals surface area contributed by atoms with E-state index in [0.29, 0.717) is 0 Å². The van der Waals surface area contributed by atoms with Gasteiger partial charge in [-0.3, -0.25) is 4.98 Å². The van der Waals surface area contributed by atoms with Crippen molar-refractivity contribution in [2.75, 3.05) is 0 Å². The van der Waals surface area contributed by atoms with Gasteiger partial charge in [0.05, 0.1) is 5.52 Å². The Balaban J connectivity index is 2.18. The van der Waals surface area contributed by atoms with E-state index in [1.807, 2.05) is 49.4 Å². The second kappa shape index (κ2) is 5.06. The van der Waals surface area contributed by atoms with E-state index >= 15 is 0 Å². The molecule has 0 fully saturated rings. The summed E-state index contributed by atoms with van der Waals surface area (Å²) in [7, 11) is 0. The number of rotatable bonds is 2. The first-order valence-electron chi connectivity index (χ1n) is 6.76. The quantitative estimate of drug-likeness (QED) is 0.760. The van der Waals surface area contributed by atoms with Crippen LogP contribution in [0.15, 0.2) is 54.7 Å². The number of aliphatic hydroxyl groups excluding tert-OH is 1. The Bertz CT molecular complexity index is 759. The second-order valence-corrected chi connectivity index (χ2v) is 5.11. The molecule has 3 rings (SSSR count). The average Bonchev–Trinajstić information content (AvgIpc) is 2.49. The van der Waals surface area contributed by atoms with E-state index in [9.17, 15) is 5.11 Å². The lowest BCUT2D eigenvalue weighted by Gasteiger charge is -2.17. The van der Waals surface area contributed by atoms with Crippen LogP contribution < -0.4 is 0 Å². The van der Waals surface area contributed by atoms with Gasteiger partial charge in [-0.25, -0.2) is 0 Å². The molecule has 1 unspecified atom stereocenters. The molecule has 2 nitrogen and oxygen atoms in total. The molecule has 1 heterocycles. The molecule has 0 saturated heterocycles. The van der Waals surface area contributed by atoms with Gasteiger partial charge in [0, 0.05) is 17.1 Å². The molecule has 1 atom stereocenters. The highest BCUT2D eigenvalue weighted by molar-refractivity contribution is 5.82. The molecule has 20 heavy (non-hydrogen) atoms. The van der Waals surface area contributed by atoms with Gasteiger partial charge in [0.1, 0.15) is 6.10 Å². The second-order valence-electron chi connectivity index (χ2n) is 5.11. The zero-order chi connectivity index (χ0) is 14.1. The van der Waals surface area contributed by atoms with E-state index in [4.69, 9.17) is 0 Å². The van der Waals surface area contributed by atoms with E-state index in [2.05, 4.69) is 18.0 Å². The SMILES string of the molecule is Cc1cccc(C(O)c2cccc3cccnc23)c1C. The number of nitrogens with zero attached hydrogens (tertiary/aromatic N) is 1. The van der Waals surface area contributed by atoms with Gasteiger partial charge in [-0.15, -0.1) is 0 Å². The molecule has 1 N–H and O–H groups in total. The summed E-state index contributed by atoms with van der Waals surface area (Å²) < 4.78 is 0. The number of para-hydroxylation sites is 1. The first-order chi connectivity index (χ1) is 9.68. The zero-order valence-electron chi connectivity index (χ0n) is 11.7. The van der Waals surface area contributed by atoms with Gasteiger partial charge in [-0.2, -0.15) is 0 Å². The Morgan fingerprint density at radius 3 is 2.45 bits per heavy atom. The Morgan fingerprint density at radius 1 is 0.900 bits per heavy atom. The molecule has 100 valence electrons. The number of hydrogen-bond acceptors (Lipinski definition) is 2. The molecule has 0 aliphatic rings. The molecule has 0 aliphatic heterocycles. The van der Waals surface area contributed by atoms with Crippen molar-refractivity contribution in [3.05, 3.63) is 77.0 Å². The molecule has 3 aromatic rings. The molecule has 2 aromatic carbocycles. The summed E-state index contributed by atoms with van der Waals surface area (Å²) in [4.78, 5) is 4.42. The third kappa shape index (κ3) is 2.08. The fourth-order valence-corrected chi connectivity index (χ4v) is 2.59. The van der Waals surface area contributed by atoms with Crippen LogP contribution in [0.1, 0.15) is 28.4 Å². The summed E-state index contributed by atoms with van der Waals surface area (Å²) in [5, 5.41) is 11.8. The molecular formula is C18H17NO. The number of aromatic nitrogens is 1. The maximum Gasteiger partial charge on any atom is 0.106 e. The Hall–Kier alpha value is -2.19. The van der Waals surface area contributed by atoms with Gasteiger partial charge in [-0.05, 0) is 36.6 Å². The average molecular weight is 263 g/mol. The highest BCUT2D eigenvalue weighted by Crippen LogP contribution is 2.30. The van der Waals surface area contributed by atoms with Crippen molar-refractivity contribution in [1.82, 2.24) is 4.98 Å². The van der Waals surface area contributed by atoms with Crippen LogP contribution in [0, 0.1) is 13.8 Å². The number of pyridine rings is 1. The lowest BCUT2D eigenvalue weighted by Crippen LogP contribution is -2.04. The van der Waals surface area contributed by atoms with E-state index in [1.54, 1.807) is 6.20 Å². The maximum absolute atomic E-state index is 10.8. The monoisotopic (exact) mass is 263 g/mol. The Morgan fingerprint density at radius 2 is 1.60 bits per heavy atom. The van der Waals surface area contributed by atoms with Gasteiger partial charge in [0.2, 0.25) is 0 Å². The highest BCUT2D eigenvalue weighted by atomic mass is 16.3. The summed E-state index contributed by atoms with van der Waals surface area (Å²) in [5.41, 5.74) is 4.99. The van der Waals surface area contributed by atoms with Crippen LogP contribution in [-0.4, -0.2) is 10.1 Å². The van der Waals surface area contributed by atoms with Crippen LogP contribution in [-0.2, 0) is 0 Å². The molecule has 0 bridgehead atoms. The number of aryl methyl sites for hydroxylation is 1. The Labute approximate surface area is 118 Å².